The van der Waals surface area contributed by atoms with E-state index in [2.05, 4.69) is 9.97 Å². The van der Waals surface area contributed by atoms with Crippen molar-refractivity contribution >= 4 is 22.6 Å². The first-order valence-electron chi connectivity index (χ1n) is 3.64. The lowest BCUT2D eigenvalue weighted by Crippen LogP contribution is -1.85. The molecule has 0 atom stereocenters. The molecule has 12 heavy (non-hydrogen) atoms. The largest absolute Gasteiger partial charge is 0.255 e. The summed E-state index contributed by atoms with van der Waals surface area (Å²) in [5, 5.41) is 0.626. The summed E-state index contributed by atoms with van der Waals surface area (Å²) >= 11 is 5.77. The molecule has 0 aliphatic rings. The van der Waals surface area contributed by atoms with Gasteiger partial charge in [0.15, 0.2) is 0 Å². The molecule has 2 heterocycles. The second-order valence-corrected chi connectivity index (χ2v) is 3.09. The van der Waals surface area contributed by atoms with Gasteiger partial charge in [-0.25, -0.2) is 0 Å². The molecule has 2 rings (SSSR count). The Balaban J connectivity index is 2.86. The third-order valence-electron chi connectivity index (χ3n) is 1.75. The number of pyridine rings is 2. The summed E-state index contributed by atoms with van der Waals surface area (Å²) in [6, 6.07) is 3.75. The highest BCUT2D eigenvalue weighted by Crippen LogP contribution is 2.16. The Kier molecular flexibility index (Phi) is 1.70. The van der Waals surface area contributed by atoms with Crippen LogP contribution in [0, 0.1) is 6.92 Å². The van der Waals surface area contributed by atoms with E-state index in [1.54, 1.807) is 12.4 Å². The van der Waals surface area contributed by atoms with Crippen LogP contribution in [-0.2, 0) is 0 Å². The highest BCUT2D eigenvalue weighted by Gasteiger charge is 1.98. The van der Waals surface area contributed by atoms with E-state index in [0.717, 1.165) is 16.6 Å². The van der Waals surface area contributed by atoms with Crippen LogP contribution in [0.4, 0.5) is 0 Å². The van der Waals surface area contributed by atoms with Gasteiger partial charge in [0.25, 0.3) is 0 Å². The molecular formula is C9H7ClN2. The van der Waals surface area contributed by atoms with Crippen molar-refractivity contribution < 1.29 is 0 Å². The Labute approximate surface area is 75.2 Å². The van der Waals surface area contributed by atoms with E-state index in [9.17, 15) is 0 Å². The maximum absolute atomic E-state index is 5.77. The van der Waals surface area contributed by atoms with Gasteiger partial charge in [0, 0.05) is 12.4 Å². The molecule has 0 aromatic carbocycles. The van der Waals surface area contributed by atoms with Crippen molar-refractivity contribution in [2.24, 2.45) is 0 Å². The van der Waals surface area contributed by atoms with Gasteiger partial charge in [0.2, 0.25) is 0 Å². The molecule has 2 nitrogen and oxygen atoms in total. The predicted molar refractivity (Wildman–Crippen MR) is 49.3 cm³/mol. The Morgan fingerprint density at radius 3 is 3.00 bits per heavy atom. The molecule has 0 saturated heterocycles. The SMILES string of the molecule is Cc1ccnc2cc(Cl)cnc12. The minimum atomic E-state index is 0.626. The fourth-order valence-electron chi connectivity index (χ4n) is 1.14. The zero-order chi connectivity index (χ0) is 8.55. The van der Waals surface area contributed by atoms with Gasteiger partial charge >= 0.3 is 0 Å². The molecule has 0 bridgehead atoms. The molecule has 0 fully saturated rings. The van der Waals surface area contributed by atoms with E-state index >= 15 is 0 Å². The maximum atomic E-state index is 5.77. The number of rotatable bonds is 0. The highest BCUT2D eigenvalue weighted by molar-refractivity contribution is 6.31. The van der Waals surface area contributed by atoms with Crippen LogP contribution in [0.5, 0.6) is 0 Å². The summed E-state index contributed by atoms with van der Waals surface area (Å²) in [6.45, 7) is 2.00. The highest BCUT2D eigenvalue weighted by atomic mass is 35.5. The van der Waals surface area contributed by atoms with Crippen LogP contribution in [0.3, 0.4) is 0 Å². The smallest absolute Gasteiger partial charge is 0.0916 e. The van der Waals surface area contributed by atoms with Crippen LogP contribution in [0.2, 0.25) is 5.02 Å². The molecule has 0 unspecified atom stereocenters. The van der Waals surface area contributed by atoms with Gasteiger partial charge in [-0.2, -0.15) is 0 Å². The van der Waals surface area contributed by atoms with E-state index in [1.165, 1.54) is 0 Å². The van der Waals surface area contributed by atoms with E-state index in [1.807, 2.05) is 19.1 Å². The fraction of sp³-hybridized carbons (Fsp3) is 0.111. The summed E-state index contributed by atoms with van der Waals surface area (Å²) in [6.07, 6.45) is 3.40. The quantitative estimate of drug-likeness (QED) is 0.620. The lowest BCUT2D eigenvalue weighted by molar-refractivity contribution is 1.30. The van der Waals surface area contributed by atoms with E-state index < -0.39 is 0 Å². The second-order valence-electron chi connectivity index (χ2n) is 2.65. The van der Waals surface area contributed by atoms with Crippen LogP contribution < -0.4 is 0 Å². The van der Waals surface area contributed by atoms with Crippen molar-refractivity contribution in [1.29, 1.82) is 0 Å². The Hall–Kier alpha value is -1.15. The average molecular weight is 179 g/mol. The molecule has 0 aliphatic carbocycles. The van der Waals surface area contributed by atoms with Crippen LogP contribution in [0.15, 0.2) is 24.5 Å². The van der Waals surface area contributed by atoms with Crippen molar-refractivity contribution in [3.8, 4) is 0 Å². The van der Waals surface area contributed by atoms with Gasteiger partial charge < -0.3 is 0 Å². The summed E-state index contributed by atoms with van der Waals surface area (Å²) in [5.41, 5.74) is 2.89. The summed E-state index contributed by atoms with van der Waals surface area (Å²) < 4.78 is 0. The molecule has 2 aromatic heterocycles. The fourth-order valence-corrected chi connectivity index (χ4v) is 1.29. The minimum absolute atomic E-state index is 0.626. The molecule has 3 heteroatoms. The molecule has 0 N–H and O–H groups in total. The minimum Gasteiger partial charge on any atom is -0.255 e. The Bertz CT molecular complexity index is 426. The van der Waals surface area contributed by atoms with Crippen molar-refractivity contribution in [2.45, 2.75) is 6.92 Å². The molecule has 0 spiro atoms. The number of aromatic nitrogens is 2. The van der Waals surface area contributed by atoms with Crippen LogP contribution in [0.1, 0.15) is 5.56 Å². The number of hydrogen-bond donors (Lipinski definition) is 0. The molecule has 0 saturated carbocycles. The number of fused-ring (bicyclic) bond motifs is 1. The molecule has 0 radical (unpaired) electrons. The van der Waals surface area contributed by atoms with E-state index in [0.29, 0.717) is 5.02 Å². The van der Waals surface area contributed by atoms with Crippen LogP contribution in [0.25, 0.3) is 11.0 Å². The third kappa shape index (κ3) is 1.14. The maximum Gasteiger partial charge on any atom is 0.0916 e. The van der Waals surface area contributed by atoms with Gasteiger partial charge in [-0.15, -0.1) is 0 Å². The third-order valence-corrected chi connectivity index (χ3v) is 1.95. The first-order chi connectivity index (χ1) is 5.77. The lowest BCUT2D eigenvalue weighted by Gasteiger charge is -1.98. The van der Waals surface area contributed by atoms with Gasteiger partial charge in [-0.3, -0.25) is 9.97 Å². The molecule has 60 valence electrons. The topological polar surface area (TPSA) is 25.8 Å². The lowest BCUT2D eigenvalue weighted by atomic mass is 10.2. The summed E-state index contributed by atoms with van der Waals surface area (Å²) in [5.74, 6) is 0. The van der Waals surface area contributed by atoms with Crippen molar-refractivity contribution in [3.05, 3.63) is 35.1 Å². The molecule has 2 aromatic rings. The summed E-state index contributed by atoms with van der Waals surface area (Å²) in [4.78, 5) is 8.34. The molecule has 0 aliphatic heterocycles. The van der Waals surface area contributed by atoms with Crippen molar-refractivity contribution in [2.75, 3.05) is 0 Å². The van der Waals surface area contributed by atoms with Gasteiger partial charge in [0.1, 0.15) is 0 Å². The van der Waals surface area contributed by atoms with E-state index in [-0.39, 0.29) is 0 Å². The Morgan fingerprint density at radius 1 is 1.33 bits per heavy atom. The average Bonchev–Trinajstić information content (AvgIpc) is 2.04. The number of hydrogen-bond acceptors (Lipinski definition) is 2. The zero-order valence-electron chi connectivity index (χ0n) is 6.58. The summed E-state index contributed by atoms with van der Waals surface area (Å²) in [7, 11) is 0. The number of aryl methyl sites for hydroxylation is 1. The first-order valence-corrected chi connectivity index (χ1v) is 4.02. The van der Waals surface area contributed by atoms with Crippen LogP contribution >= 0.6 is 11.6 Å². The standard InChI is InChI=1S/C9H7ClN2/c1-6-2-3-11-8-4-7(10)5-12-9(6)8/h2-5H,1H3. The molecule has 0 amide bonds. The normalized spacial score (nSPS) is 10.5. The monoisotopic (exact) mass is 178 g/mol. The van der Waals surface area contributed by atoms with Gasteiger partial charge in [0.05, 0.1) is 16.1 Å². The Morgan fingerprint density at radius 2 is 2.17 bits per heavy atom. The number of nitrogens with zero attached hydrogens (tertiary/aromatic N) is 2. The van der Waals surface area contributed by atoms with Crippen LogP contribution in [-0.4, -0.2) is 9.97 Å². The van der Waals surface area contributed by atoms with Gasteiger partial charge in [-0.05, 0) is 24.6 Å². The van der Waals surface area contributed by atoms with Crippen molar-refractivity contribution in [3.63, 3.8) is 0 Å². The first kappa shape index (κ1) is 7.50. The predicted octanol–water partition coefficient (Wildman–Crippen LogP) is 2.59. The van der Waals surface area contributed by atoms with E-state index in [4.69, 9.17) is 11.6 Å². The van der Waals surface area contributed by atoms with Crippen molar-refractivity contribution in [1.82, 2.24) is 9.97 Å². The second kappa shape index (κ2) is 2.72. The van der Waals surface area contributed by atoms with Gasteiger partial charge in [-0.1, -0.05) is 11.6 Å². The zero-order valence-corrected chi connectivity index (χ0v) is 7.34. The molecular weight excluding hydrogens is 172 g/mol. The number of halogens is 1.